The van der Waals surface area contributed by atoms with Crippen LogP contribution in [0.15, 0.2) is 18.2 Å². The molecule has 1 aromatic rings. The van der Waals surface area contributed by atoms with Gasteiger partial charge in [-0.2, -0.15) is 0 Å². The Balaban J connectivity index is 1.99. The molecule has 0 unspecified atom stereocenters. The van der Waals surface area contributed by atoms with Crippen LogP contribution in [-0.4, -0.2) is 28.2 Å². The number of hydrogen-bond donors (Lipinski definition) is 4. The van der Waals surface area contributed by atoms with E-state index in [1.807, 2.05) is 0 Å². The molecule has 0 radical (unpaired) electrons. The van der Waals surface area contributed by atoms with Gasteiger partial charge in [-0.3, -0.25) is 4.79 Å². The van der Waals surface area contributed by atoms with Gasteiger partial charge in [0, 0.05) is 18.2 Å². The standard InChI is InChI=1S/C13H18N2O3/c14-8-1-3-9(4-2-8)15-13(18)11-6-5-10(16)7-12(11)17/h5-9,16-17H,1-4,14H2,(H,15,18). The summed E-state index contributed by atoms with van der Waals surface area (Å²) in [6.45, 7) is 0. The number of carbonyl (C=O) groups is 1. The molecular formula is C13H18N2O3. The fourth-order valence-corrected chi connectivity index (χ4v) is 2.24. The first-order chi connectivity index (χ1) is 8.56. The monoisotopic (exact) mass is 250 g/mol. The lowest BCUT2D eigenvalue weighted by molar-refractivity contribution is 0.0923. The Morgan fingerprint density at radius 3 is 2.50 bits per heavy atom. The quantitative estimate of drug-likeness (QED) is 0.632. The predicted molar refractivity (Wildman–Crippen MR) is 67.5 cm³/mol. The fourth-order valence-electron chi connectivity index (χ4n) is 2.24. The van der Waals surface area contributed by atoms with Crippen molar-refractivity contribution in [3.8, 4) is 11.5 Å². The van der Waals surface area contributed by atoms with Crippen LogP contribution in [-0.2, 0) is 0 Å². The molecule has 5 nitrogen and oxygen atoms in total. The summed E-state index contributed by atoms with van der Waals surface area (Å²) in [5, 5.41) is 21.6. The molecule has 5 heteroatoms. The summed E-state index contributed by atoms with van der Waals surface area (Å²) in [4.78, 5) is 11.9. The maximum absolute atomic E-state index is 11.9. The van der Waals surface area contributed by atoms with Crippen LogP contribution in [0.1, 0.15) is 36.0 Å². The van der Waals surface area contributed by atoms with Crippen molar-refractivity contribution < 1.29 is 15.0 Å². The molecule has 18 heavy (non-hydrogen) atoms. The number of amides is 1. The van der Waals surface area contributed by atoms with Crippen molar-refractivity contribution in [1.82, 2.24) is 5.32 Å². The van der Waals surface area contributed by atoms with E-state index in [1.165, 1.54) is 12.1 Å². The molecular weight excluding hydrogens is 232 g/mol. The molecule has 98 valence electrons. The first kappa shape index (κ1) is 12.7. The van der Waals surface area contributed by atoms with E-state index in [4.69, 9.17) is 10.8 Å². The van der Waals surface area contributed by atoms with Crippen LogP contribution in [0.25, 0.3) is 0 Å². The lowest BCUT2D eigenvalue weighted by Gasteiger charge is -2.26. The molecule has 1 fully saturated rings. The lowest BCUT2D eigenvalue weighted by atomic mass is 9.91. The Hall–Kier alpha value is -1.75. The summed E-state index contributed by atoms with van der Waals surface area (Å²) >= 11 is 0. The van der Waals surface area contributed by atoms with E-state index >= 15 is 0 Å². The molecule has 0 bridgehead atoms. The van der Waals surface area contributed by atoms with E-state index in [1.54, 1.807) is 0 Å². The minimum absolute atomic E-state index is 0.0623. The molecule has 0 spiro atoms. The summed E-state index contributed by atoms with van der Waals surface area (Å²) in [5.41, 5.74) is 5.98. The van der Waals surface area contributed by atoms with Gasteiger partial charge < -0.3 is 21.3 Å². The van der Waals surface area contributed by atoms with Gasteiger partial charge in [0.25, 0.3) is 5.91 Å². The Kier molecular flexibility index (Phi) is 3.72. The molecule has 1 saturated carbocycles. The molecule has 1 aliphatic rings. The minimum atomic E-state index is -0.312. The first-order valence-corrected chi connectivity index (χ1v) is 6.14. The smallest absolute Gasteiger partial charge is 0.255 e. The average molecular weight is 250 g/mol. The zero-order valence-corrected chi connectivity index (χ0v) is 10.1. The van der Waals surface area contributed by atoms with Gasteiger partial charge in [-0.1, -0.05) is 0 Å². The number of nitrogens with one attached hydrogen (secondary N) is 1. The number of nitrogens with two attached hydrogens (primary N) is 1. The number of phenols is 2. The number of aromatic hydroxyl groups is 2. The molecule has 1 amide bonds. The van der Waals surface area contributed by atoms with Crippen molar-refractivity contribution in [3.63, 3.8) is 0 Å². The molecule has 0 aliphatic heterocycles. The van der Waals surface area contributed by atoms with E-state index in [2.05, 4.69) is 5.32 Å². The maximum atomic E-state index is 11.9. The van der Waals surface area contributed by atoms with Crippen molar-refractivity contribution in [1.29, 1.82) is 0 Å². The minimum Gasteiger partial charge on any atom is -0.508 e. The highest BCUT2D eigenvalue weighted by Crippen LogP contribution is 2.23. The first-order valence-electron chi connectivity index (χ1n) is 6.14. The van der Waals surface area contributed by atoms with Crippen molar-refractivity contribution in [3.05, 3.63) is 23.8 Å². The van der Waals surface area contributed by atoms with Crippen LogP contribution in [0.3, 0.4) is 0 Å². The van der Waals surface area contributed by atoms with E-state index in [0.717, 1.165) is 31.7 Å². The molecule has 0 heterocycles. The fraction of sp³-hybridized carbons (Fsp3) is 0.462. The molecule has 0 saturated heterocycles. The highest BCUT2D eigenvalue weighted by molar-refractivity contribution is 5.97. The van der Waals surface area contributed by atoms with E-state index < -0.39 is 0 Å². The SMILES string of the molecule is NC1CCC(NC(=O)c2ccc(O)cc2O)CC1. The third-order valence-corrected chi connectivity index (χ3v) is 3.33. The van der Waals surface area contributed by atoms with Gasteiger partial charge >= 0.3 is 0 Å². The molecule has 2 rings (SSSR count). The van der Waals surface area contributed by atoms with Crippen LogP contribution in [0.2, 0.25) is 0 Å². The summed E-state index contributed by atoms with van der Waals surface area (Å²) in [7, 11) is 0. The van der Waals surface area contributed by atoms with Crippen molar-refractivity contribution in [2.45, 2.75) is 37.8 Å². The third-order valence-electron chi connectivity index (χ3n) is 3.33. The largest absolute Gasteiger partial charge is 0.508 e. The summed E-state index contributed by atoms with van der Waals surface area (Å²) in [5.74, 6) is -0.583. The van der Waals surface area contributed by atoms with Gasteiger partial charge in [-0.15, -0.1) is 0 Å². The summed E-state index contributed by atoms with van der Waals surface area (Å²) in [6, 6.07) is 4.30. The molecule has 5 N–H and O–H groups in total. The second-order valence-electron chi connectivity index (χ2n) is 4.79. The number of phenolic OH excluding ortho intramolecular Hbond substituents is 2. The van der Waals surface area contributed by atoms with E-state index in [9.17, 15) is 9.90 Å². The predicted octanol–water partition coefficient (Wildman–Crippen LogP) is 1.10. The van der Waals surface area contributed by atoms with Gasteiger partial charge in [0.15, 0.2) is 0 Å². The molecule has 0 atom stereocenters. The Morgan fingerprint density at radius 2 is 1.89 bits per heavy atom. The van der Waals surface area contributed by atoms with Gasteiger partial charge in [0.2, 0.25) is 0 Å². The van der Waals surface area contributed by atoms with Crippen LogP contribution in [0, 0.1) is 0 Å². The van der Waals surface area contributed by atoms with Crippen molar-refractivity contribution in [2.75, 3.05) is 0 Å². The van der Waals surface area contributed by atoms with Gasteiger partial charge in [-0.25, -0.2) is 0 Å². The summed E-state index contributed by atoms with van der Waals surface area (Å²) < 4.78 is 0. The molecule has 1 aliphatic carbocycles. The maximum Gasteiger partial charge on any atom is 0.255 e. The van der Waals surface area contributed by atoms with Gasteiger partial charge in [0.05, 0.1) is 5.56 Å². The Morgan fingerprint density at radius 1 is 1.22 bits per heavy atom. The van der Waals surface area contributed by atoms with Crippen LogP contribution >= 0.6 is 0 Å². The number of rotatable bonds is 2. The molecule has 0 aromatic heterocycles. The Bertz CT molecular complexity index is 440. The highest BCUT2D eigenvalue weighted by atomic mass is 16.3. The van der Waals surface area contributed by atoms with Crippen molar-refractivity contribution in [2.24, 2.45) is 5.73 Å². The lowest BCUT2D eigenvalue weighted by Crippen LogP contribution is -2.40. The van der Waals surface area contributed by atoms with E-state index in [0.29, 0.717) is 0 Å². The van der Waals surface area contributed by atoms with Crippen LogP contribution in [0.4, 0.5) is 0 Å². The summed E-state index contributed by atoms with van der Waals surface area (Å²) in [6.07, 6.45) is 3.55. The third kappa shape index (κ3) is 2.92. The van der Waals surface area contributed by atoms with Gasteiger partial charge in [0.1, 0.15) is 11.5 Å². The van der Waals surface area contributed by atoms with Gasteiger partial charge in [-0.05, 0) is 37.8 Å². The Labute approximate surface area is 106 Å². The number of hydrogen-bond acceptors (Lipinski definition) is 4. The number of benzene rings is 1. The zero-order valence-electron chi connectivity index (χ0n) is 10.1. The second kappa shape index (κ2) is 5.27. The normalized spacial score (nSPS) is 23.6. The second-order valence-corrected chi connectivity index (χ2v) is 4.79. The highest BCUT2D eigenvalue weighted by Gasteiger charge is 2.21. The van der Waals surface area contributed by atoms with Crippen LogP contribution < -0.4 is 11.1 Å². The van der Waals surface area contributed by atoms with E-state index in [-0.39, 0.29) is 35.1 Å². The van der Waals surface area contributed by atoms with Crippen LogP contribution in [0.5, 0.6) is 11.5 Å². The average Bonchev–Trinajstić information content (AvgIpc) is 2.32. The zero-order chi connectivity index (χ0) is 13.1. The number of carbonyl (C=O) groups excluding carboxylic acids is 1. The topological polar surface area (TPSA) is 95.6 Å². The molecule has 1 aromatic carbocycles. The van der Waals surface area contributed by atoms with Crippen molar-refractivity contribution >= 4 is 5.91 Å².